The third kappa shape index (κ3) is 3.65. The van der Waals surface area contributed by atoms with Gasteiger partial charge < -0.3 is 20.5 Å². The Kier molecular flexibility index (Phi) is 5.63. The molecule has 0 radical (unpaired) electrons. The lowest BCUT2D eigenvalue weighted by atomic mass is 9.90. The number of para-hydroxylation sites is 1. The molecule has 0 aliphatic carbocycles. The van der Waals surface area contributed by atoms with Gasteiger partial charge in [0.05, 0.1) is 6.04 Å². The molecule has 7 nitrogen and oxygen atoms in total. The van der Waals surface area contributed by atoms with E-state index in [1.807, 2.05) is 48.5 Å². The number of nitrogens with one attached hydrogen (secondary N) is 3. The molecule has 3 atom stereocenters. The van der Waals surface area contributed by atoms with Gasteiger partial charge in [-0.3, -0.25) is 14.4 Å². The number of hydrogen-bond donors (Lipinski definition) is 3. The van der Waals surface area contributed by atoms with Gasteiger partial charge in [0.2, 0.25) is 11.8 Å². The minimum atomic E-state index is -0.706. The first kappa shape index (κ1) is 22.2. The fourth-order valence-electron chi connectivity index (χ4n) is 5.15. The maximum Gasteiger partial charge on any atom is 0.255 e. The summed E-state index contributed by atoms with van der Waals surface area (Å²) in [6.45, 7) is 6.45. The molecule has 0 bridgehead atoms. The van der Waals surface area contributed by atoms with E-state index in [0.717, 1.165) is 34.1 Å². The maximum absolute atomic E-state index is 13.5. The number of carbonyl (C=O) groups excluding carboxylic acids is 3. The second-order valence-corrected chi connectivity index (χ2v) is 9.69. The van der Waals surface area contributed by atoms with Crippen LogP contribution in [-0.2, 0) is 16.0 Å². The maximum atomic E-state index is 13.5. The molecule has 1 aromatic heterocycles. The Morgan fingerprint density at radius 2 is 1.82 bits per heavy atom. The van der Waals surface area contributed by atoms with Crippen LogP contribution in [-0.4, -0.2) is 46.2 Å². The predicted molar refractivity (Wildman–Crippen MR) is 130 cm³/mol. The van der Waals surface area contributed by atoms with Gasteiger partial charge in [-0.1, -0.05) is 50.2 Å². The first-order valence-electron chi connectivity index (χ1n) is 12.0. The Labute approximate surface area is 198 Å². The van der Waals surface area contributed by atoms with Gasteiger partial charge in [0.1, 0.15) is 12.1 Å². The number of H-pyrrole nitrogens is 1. The van der Waals surface area contributed by atoms with E-state index in [9.17, 15) is 14.4 Å². The summed E-state index contributed by atoms with van der Waals surface area (Å²) in [5.74, 6) is -0.199. The lowest BCUT2D eigenvalue weighted by Gasteiger charge is -2.37. The molecule has 3 N–H and O–H groups in total. The van der Waals surface area contributed by atoms with Crippen LogP contribution in [0.1, 0.15) is 60.4 Å². The molecule has 3 heterocycles. The highest BCUT2D eigenvalue weighted by molar-refractivity contribution is 6.04. The molecule has 2 aliphatic rings. The van der Waals surface area contributed by atoms with E-state index in [2.05, 4.69) is 29.5 Å². The van der Waals surface area contributed by atoms with Crippen molar-refractivity contribution in [2.45, 2.75) is 51.7 Å². The lowest BCUT2D eigenvalue weighted by molar-refractivity contribution is -0.131. The van der Waals surface area contributed by atoms with Crippen LogP contribution in [0.5, 0.6) is 0 Å². The van der Waals surface area contributed by atoms with Crippen LogP contribution in [0.4, 0.5) is 0 Å². The third-order valence-electron chi connectivity index (χ3n) is 6.93. The van der Waals surface area contributed by atoms with Crippen molar-refractivity contribution < 1.29 is 14.4 Å². The summed E-state index contributed by atoms with van der Waals surface area (Å²) in [4.78, 5) is 44.7. The van der Waals surface area contributed by atoms with Gasteiger partial charge >= 0.3 is 0 Å². The van der Waals surface area contributed by atoms with Crippen LogP contribution >= 0.6 is 0 Å². The molecule has 5 rings (SSSR count). The van der Waals surface area contributed by atoms with E-state index in [-0.39, 0.29) is 23.8 Å². The normalized spacial score (nSPS) is 19.5. The zero-order valence-corrected chi connectivity index (χ0v) is 19.7. The van der Waals surface area contributed by atoms with E-state index < -0.39 is 12.1 Å². The molecule has 2 aromatic carbocycles. The Morgan fingerprint density at radius 1 is 1.09 bits per heavy atom. The fraction of sp³-hybridized carbons (Fsp3) is 0.370. The molecule has 2 aliphatic heterocycles. The van der Waals surface area contributed by atoms with Crippen molar-refractivity contribution in [2.75, 3.05) is 6.54 Å². The third-order valence-corrected chi connectivity index (χ3v) is 6.93. The van der Waals surface area contributed by atoms with E-state index in [1.54, 1.807) is 11.8 Å². The van der Waals surface area contributed by atoms with Crippen LogP contribution in [0.2, 0.25) is 0 Å². The number of nitrogens with zero attached hydrogens (tertiary/aromatic N) is 1. The molecule has 3 aromatic rings. The quantitative estimate of drug-likeness (QED) is 0.529. The Hall–Kier alpha value is -3.61. The molecular formula is C27H30N4O3. The second kappa shape index (κ2) is 8.63. The highest BCUT2D eigenvalue weighted by atomic mass is 16.2. The van der Waals surface area contributed by atoms with Gasteiger partial charge in [-0.05, 0) is 42.5 Å². The first-order valence-corrected chi connectivity index (χ1v) is 12.0. The molecule has 7 heteroatoms. The standard InChI is InChI=1S/C27H30N4O3/c1-15(2)12-13-28-25(32)16(3)29-26(33)22-14-20-17-8-6-7-11-21(17)30-23(20)24-18-9-4-5-10-19(18)27(34)31(22)24/h4-11,15-16,22,24,30H,12-14H2,1-3H3,(H,28,32)(H,29,33)/t16-,22-,24+/m0/s1. The van der Waals surface area contributed by atoms with Crippen molar-refractivity contribution >= 4 is 28.6 Å². The molecule has 0 saturated carbocycles. The Bertz CT molecular complexity index is 1280. The number of fused-ring (bicyclic) bond motifs is 7. The molecule has 0 spiro atoms. The van der Waals surface area contributed by atoms with Crippen molar-refractivity contribution in [1.82, 2.24) is 20.5 Å². The van der Waals surface area contributed by atoms with Crippen molar-refractivity contribution in [2.24, 2.45) is 5.92 Å². The topological polar surface area (TPSA) is 94.3 Å². The molecule has 3 amide bonds. The number of hydrogen-bond acceptors (Lipinski definition) is 3. The zero-order chi connectivity index (χ0) is 24.0. The van der Waals surface area contributed by atoms with E-state index in [4.69, 9.17) is 0 Å². The largest absolute Gasteiger partial charge is 0.356 e. The fourth-order valence-corrected chi connectivity index (χ4v) is 5.15. The number of rotatable bonds is 6. The van der Waals surface area contributed by atoms with Crippen LogP contribution < -0.4 is 10.6 Å². The van der Waals surface area contributed by atoms with Gasteiger partial charge in [-0.15, -0.1) is 0 Å². The number of aromatic nitrogens is 1. The second-order valence-electron chi connectivity index (χ2n) is 9.69. The number of aromatic amines is 1. The van der Waals surface area contributed by atoms with Gasteiger partial charge in [0, 0.05) is 35.1 Å². The lowest BCUT2D eigenvalue weighted by Crippen LogP contribution is -2.56. The number of carbonyl (C=O) groups is 3. The predicted octanol–water partition coefficient (Wildman–Crippen LogP) is 3.30. The van der Waals surface area contributed by atoms with Gasteiger partial charge in [-0.2, -0.15) is 0 Å². The van der Waals surface area contributed by atoms with Crippen LogP contribution in [0.15, 0.2) is 48.5 Å². The van der Waals surface area contributed by atoms with Crippen molar-refractivity contribution in [1.29, 1.82) is 0 Å². The highest BCUT2D eigenvalue weighted by Crippen LogP contribution is 2.46. The van der Waals surface area contributed by atoms with E-state index >= 15 is 0 Å². The van der Waals surface area contributed by atoms with Gasteiger partial charge in [0.25, 0.3) is 5.91 Å². The monoisotopic (exact) mass is 458 g/mol. The minimum absolute atomic E-state index is 0.154. The number of benzene rings is 2. The van der Waals surface area contributed by atoms with E-state index in [1.165, 1.54) is 0 Å². The average molecular weight is 459 g/mol. The summed E-state index contributed by atoms with van der Waals surface area (Å²) in [7, 11) is 0. The summed E-state index contributed by atoms with van der Waals surface area (Å²) in [6, 6.07) is 13.8. The SMILES string of the molecule is CC(C)CCNC(=O)[C@H](C)NC(=O)[C@@H]1Cc2c([nH]c3ccccc23)[C@H]2c3ccccc3C(=O)N21. The number of amides is 3. The van der Waals surface area contributed by atoms with Gasteiger partial charge in [-0.25, -0.2) is 0 Å². The van der Waals surface area contributed by atoms with Gasteiger partial charge in [0.15, 0.2) is 0 Å². The summed E-state index contributed by atoms with van der Waals surface area (Å²) in [5.41, 5.74) is 4.52. The molecule has 0 saturated heterocycles. The van der Waals surface area contributed by atoms with Crippen molar-refractivity contribution in [3.8, 4) is 0 Å². The summed E-state index contributed by atoms with van der Waals surface area (Å²) in [6.07, 6.45) is 1.27. The Morgan fingerprint density at radius 3 is 2.62 bits per heavy atom. The summed E-state index contributed by atoms with van der Waals surface area (Å²) < 4.78 is 0. The van der Waals surface area contributed by atoms with Crippen LogP contribution in [0, 0.1) is 5.92 Å². The molecule has 0 unspecified atom stereocenters. The molecular weight excluding hydrogens is 428 g/mol. The van der Waals surface area contributed by atoms with Crippen LogP contribution in [0.25, 0.3) is 10.9 Å². The van der Waals surface area contributed by atoms with Crippen molar-refractivity contribution in [3.63, 3.8) is 0 Å². The first-order chi connectivity index (χ1) is 16.4. The van der Waals surface area contributed by atoms with Crippen LogP contribution in [0.3, 0.4) is 0 Å². The van der Waals surface area contributed by atoms with Crippen molar-refractivity contribution in [3.05, 3.63) is 70.9 Å². The molecule has 0 fully saturated rings. The zero-order valence-electron chi connectivity index (χ0n) is 19.7. The smallest absolute Gasteiger partial charge is 0.255 e. The highest BCUT2D eigenvalue weighted by Gasteiger charge is 2.49. The Balaban J connectivity index is 1.46. The van der Waals surface area contributed by atoms with E-state index in [0.29, 0.717) is 24.4 Å². The molecule has 176 valence electrons. The minimum Gasteiger partial charge on any atom is -0.356 e. The summed E-state index contributed by atoms with van der Waals surface area (Å²) >= 11 is 0. The summed E-state index contributed by atoms with van der Waals surface area (Å²) in [5, 5.41) is 6.81. The molecule has 34 heavy (non-hydrogen) atoms. The average Bonchev–Trinajstić information content (AvgIpc) is 3.34.